The molecule has 0 spiro atoms. The van der Waals surface area contributed by atoms with E-state index in [9.17, 15) is 10.4 Å². The number of rotatable bonds is 3. The molecule has 0 saturated carbocycles. The molecule has 4 heteroatoms. The Kier molecular flexibility index (Phi) is 3.94. The van der Waals surface area contributed by atoms with Gasteiger partial charge >= 0.3 is 0 Å². The monoisotopic (exact) mass is 302 g/mol. The first-order chi connectivity index (χ1) is 11.2. The summed E-state index contributed by atoms with van der Waals surface area (Å²) in [6, 6.07) is 20.4. The molecule has 0 saturated heterocycles. The molecule has 1 N–H and O–H groups in total. The lowest BCUT2D eigenvalue weighted by Gasteiger charge is -2.11. The summed E-state index contributed by atoms with van der Waals surface area (Å²) in [7, 11) is 1.50. The first kappa shape index (κ1) is 14.6. The lowest BCUT2D eigenvalue weighted by molar-refractivity contribution is 0.397. The predicted octanol–water partition coefficient (Wildman–Crippen LogP) is 4.00. The van der Waals surface area contributed by atoms with E-state index in [1.807, 2.05) is 36.4 Å². The molecule has 0 unspecified atom stereocenters. The predicted molar refractivity (Wildman–Crippen MR) is 88.0 cm³/mol. The maximum absolute atomic E-state index is 9.49. The highest BCUT2D eigenvalue weighted by Crippen LogP contribution is 2.33. The Bertz CT molecular complexity index is 866. The zero-order chi connectivity index (χ0) is 16.2. The van der Waals surface area contributed by atoms with Crippen LogP contribution in [0.3, 0.4) is 0 Å². The second-order valence-electron chi connectivity index (χ2n) is 4.96. The molecular weight excluding hydrogens is 288 g/mol. The lowest BCUT2D eigenvalue weighted by Crippen LogP contribution is -1.97. The quantitative estimate of drug-likeness (QED) is 0.794. The molecule has 0 bridgehead atoms. The van der Waals surface area contributed by atoms with Crippen LogP contribution in [0.4, 0.5) is 0 Å². The van der Waals surface area contributed by atoms with Gasteiger partial charge in [0.15, 0.2) is 0 Å². The van der Waals surface area contributed by atoms with Gasteiger partial charge in [-0.25, -0.2) is 4.98 Å². The minimum absolute atomic E-state index is 0.177. The molecular formula is C19H14N2O2. The van der Waals surface area contributed by atoms with Crippen molar-refractivity contribution in [1.29, 1.82) is 5.26 Å². The molecule has 112 valence electrons. The maximum atomic E-state index is 9.49. The number of hydrogen-bond acceptors (Lipinski definition) is 4. The smallest absolute Gasteiger partial charge is 0.232 e. The first-order valence-electron chi connectivity index (χ1n) is 7.07. The molecule has 1 aromatic heterocycles. The molecule has 0 aliphatic carbocycles. The highest BCUT2D eigenvalue weighted by atomic mass is 16.5. The first-order valence-corrected chi connectivity index (χ1v) is 7.07. The second kappa shape index (κ2) is 6.20. The highest BCUT2D eigenvalue weighted by Gasteiger charge is 2.15. The van der Waals surface area contributed by atoms with Crippen molar-refractivity contribution in [3.63, 3.8) is 0 Å². The van der Waals surface area contributed by atoms with Crippen molar-refractivity contribution in [2.45, 2.75) is 0 Å². The number of phenols is 1. The van der Waals surface area contributed by atoms with E-state index in [-0.39, 0.29) is 11.6 Å². The largest absolute Gasteiger partial charge is 0.508 e. The van der Waals surface area contributed by atoms with Gasteiger partial charge in [0.2, 0.25) is 5.88 Å². The van der Waals surface area contributed by atoms with E-state index in [4.69, 9.17) is 4.74 Å². The van der Waals surface area contributed by atoms with Crippen LogP contribution in [0.15, 0.2) is 60.7 Å². The Labute approximate surface area is 134 Å². The fourth-order valence-electron chi connectivity index (χ4n) is 2.40. The van der Waals surface area contributed by atoms with E-state index in [0.717, 1.165) is 22.4 Å². The molecule has 0 fully saturated rings. The summed E-state index contributed by atoms with van der Waals surface area (Å²) in [5, 5.41) is 18.9. The van der Waals surface area contributed by atoms with Crippen molar-refractivity contribution in [2.75, 3.05) is 7.11 Å². The van der Waals surface area contributed by atoms with Gasteiger partial charge in [-0.15, -0.1) is 0 Å². The van der Waals surface area contributed by atoms with Gasteiger partial charge in [-0.1, -0.05) is 42.5 Å². The minimum atomic E-state index is 0.177. The third-order valence-corrected chi connectivity index (χ3v) is 3.54. The van der Waals surface area contributed by atoms with Gasteiger partial charge < -0.3 is 9.84 Å². The molecule has 3 aromatic rings. The van der Waals surface area contributed by atoms with E-state index >= 15 is 0 Å². The molecule has 0 aliphatic rings. The number of pyridine rings is 1. The fraction of sp³-hybridized carbons (Fsp3) is 0.0526. The van der Waals surface area contributed by atoms with Crippen LogP contribution in [0, 0.1) is 11.3 Å². The average Bonchev–Trinajstić information content (AvgIpc) is 2.62. The summed E-state index contributed by atoms with van der Waals surface area (Å²) in [5.74, 6) is 0.466. The summed E-state index contributed by atoms with van der Waals surface area (Å²) in [6.07, 6.45) is 0. The zero-order valence-electron chi connectivity index (χ0n) is 12.5. The number of ether oxygens (including phenoxy) is 1. The Hall–Kier alpha value is -3.32. The number of aromatic hydroxyl groups is 1. The molecule has 0 atom stereocenters. The maximum Gasteiger partial charge on any atom is 0.232 e. The molecule has 0 aliphatic heterocycles. The van der Waals surface area contributed by atoms with Crippen LogP contribution in [0.25, 0.3) is 22.4 Å². The fourth-order valence-corrected chi connectivity index (χ4v) is 2.40. The minimum Gasteiger partial charge on any atom is -0.508 e. The summed E-state index contributed by atoms with van der Waals surface area (Å²) in [4.78, 5) is 4.44. The summed E-state index contributed by atoms with van der Waals surface area (Å²) in [6.45, 7) is 0. The van der Waals surface area contributed by atoms with E-state index in [0.29, 0.717) is 5.56 Å². The molecule has 23 heavy (non-hydrogen) atoms. The number of hydrogen-bond donors (Lipinski definition) is 1. The second-order valence-corrected chi connectivity index (χ2v) is 4.96. The number of nitrogens with zero attached hydrogens (tertiary/aromatic N) is 2. The Balaban J connectivity index is 2.25. The van der Waals surface area contributed by atoms with Crippen LogP contribution in [-0.4, -0.2) is 17.2 Å². The van der Waals surface area contributed by atoms with Gasteiger partial charge in [0, 0.05) is 11.1 Å². The highest BCUT2D eigenvalue weighted by molar-refractivity contribution is 5.78. The van der Waals surface area contributed by atoms with Crippen LogP contribution in [0.1, 0.15) is 5.56 Å². The third-order valence-electron chi connectivity index (χ3n) is 3.54. The van der Waals surface area contributed by atoms with Gasteiger partial charge in [0.25, 0.3) is 0 Å². The topological polar surface area (TPSA) is 66.1 Å². The molecule has 0 amide bonds. The Morgan fingerprint density at radius 1 is 1.00 bits per heavy atom. The molecule has 4 nitrogen and oxygen atoms in total. The van der Waals surface area contributed by atoms with Crippen LogP contribution in [0.2, 0.25) is 0 Å². The number of nitriles is 1. The Morgan fingerprint density at radius 2 is 1.70 bits per heavy atom. The van der Waals surface area contributed by atoms with Crippen molar-refractivity contribution >= 4 is 0 Å². The number of benzene rings is 2. The summed E-state index contributed by atoms with van der Waals surface area (Å²) >= 11 is 0. The van der Waals surface area contributed by atoms with Gasteiger partial charge in [-0.05, 0) is 23.8 Å². The van der Waals surface area contributed by atoms with E-state index < -0.39 is 0 Å². The van der Waals surface area contributed by atoms with E-state index in [2.05, 4.69) is 11.1 Å². The normalized spacial score (nSPS) is 10.1. The van der Waals surface area contributed by atoms with Gasteiger partial charge in [0.1, 0.15) is 17.4 Å². The third kappa shape index (κ3) is 2.85. The van der Waals surface area contributed by atoms with Crippen molar-refractivity contribution in [3.8, 4) is 40.1 Å². The Morgan fingerprint density at radius 3 is 2.30 bits per heavy atom. The van der Waals surface area contributed by atoms with Crippen molar-refractivity contribution in [2.24, 2.45) is 0 Å². The van der Waals surface area contributed by atoms with Gasteiger partial charge in [0.05, 0.1) is 12.8 Å². The van der Waals surface area contributed by atoms with E-state index in [1.165, 1.54) is 7.11 Å². The standard InChI is InChI=1S/C19H14N2O2/c1-23-19-17(12-20)16(13-7-9-15(22)10-8-13)11-18(21-19)14-5-3-2-4-6-14/h2-11,22H,1H3. The van der Waals surface area contributed by atoms with Gasteiger partial charge in [-0.2, -0.15) is 5.26 Å². The molecule has 3 rings (SSSR count). The SMILES string of the molecule is COc1nc(-c2ccccc2)cc(-c2ccc(O)cc2)c1C#N. The zero-order valence-corrected chi connectivity index (χ0v) is 12.5. The van der Waals surface area contributed by atoms with Crippen LogP contribution in [0.5, 0.6) is 11.6 Å². The van der Waals surface area contributed by atoms with Gasteiger partial charge in [-0.3, -0.25) is 0 Å². The number of phenolic OH excluding ortho intramolecular Hbond substituents is 1. The molecule has 0 radical (unpaired) electrons. The molecule has 2 aromatic carbocycles. The summed E-state index contributed by atoms with van der Waals surface area (Å²) in [5.41, 5.74) is 3.58. The van der Waals surface area contributed by atoms with E-state index in [1.54, 1.807) is 24.3 Å². The summed E-state index contributed by atoms with van der Waals surface area (Å²) < 4.78 is 5.30. The van der Waals surface area contributed by atoms with Crippen LogP contribution in [-0.2, 0) is 0 Å². The van der Waals surface area contributed by atoms with Crippen LogP contribution < -0.4 is 4.74 Å². The van der Waals surface area contributed by atoms with Crippen molar-refractivity contribution in [3.05, 3.63) is 66.2 Å². The molecule has 1 heterocycles. The number of methoxy groups -OCH3 is 1. The lowest BCUT2D eigenvalue weighted by atomic mass is 9.99. The number of aromatic nitrogens is 1. The van der Waals surface area contributed by atoms with Crippen molar-refractivity contribution in [1.82, 2.24) is 4.98 Å². The average molecular weight is 302 g/mol. The van der Waals surface area contributed by atoms with Crippen molar-refractivity contribution < 1.29 is 9.84 Å². The van der Waals surface area contributed by atoms with Crippen LogP contribution >= 0.6 is 0 Å².